The van der Waals surface area contributed by atoms with Crippen molar-refractivity contribution in [3.8, 4) is 22.7 Å². The predicted molar refractivity (Wildman–Crippen MR) is 144 cm³/mol. The molecule has 0 amide bonds. The fraction of sp³-hybridized carbons (Fsp3) is 0.111. The van der Waals surface area contributed by atoms with E-state index >= 15 is 0 Å². The Bertz CT molecular complexity index is 1720. The highest BCUT2D eigenvalue weighted by Crippen LogP contribution is 2.31. The maximum atomic E-state index is 14.2. The number of hydrogen-bond acceptors (Lipinski definition) is 9. The van der Waals surface area contributed by atoms with Gasteiger partial charge in [0.2, 0.25) is 5.88 Å². The number of nitro groups is 1. The van der Waals surface area contributed by atoms with Gasteiger partial charge in [0.05, 0.1) is 24.6 Å². The second-order valence-corrected chi connectivity index (χ2v) is 8.49. The maximum Gasteiger partial charge on any atom is 0.371 e. The van der Waals surface area contributed by atoms with Crippen molar-refractivity contribution in [1.29, 1.82) is 0 Å². The van der Waals surface area contributed by atoms with Crippen LogP contribution in [0.1, 0.15) is 18.7 Å². The fourth-order valence-corrected chi connectivity index (χ4v) is 4.39. The van der Waals surface area contributed by atoms with Gasteiger partial charge in [0.15, 0.2) is 0 Å². The Labute approximate surface area is 216 Å². The quantitative estimate of drug-likeness (QED) is 0.238. The number of rotatable bonds is 7. The van der Waals surface area contributed by atoms with Gasteiger partial charge in [0, 0.05) is 28.6 Å². The third-order valence-electron chi connectivity index (χ3n) is 6.07. The molecule has 3 N–H and O–H groups in total. The van der Waals surface area contributed by atoms with E-state index in [4.69, 9.17) is 10.5 Å². The van der Waals surface area contributed by atoms with E-state index in [-0.39, 0.29) is 17.3 Å². The van der Waals surface area contributed by atoms with Crippen LogP contribution in [0.4, 0.5) is 17.6 Å². The van der Waals surface area contributed by atoms with E-state index in [1.165, 1.54) is 13.2 Å². The summed E-state index contributed by atoms with van der Waals surface area (Å²) in [4.78, 5) is 36.7. The number of fused-ring (bicyclic) bond motifs is 1. The summed E-state index contributed by atoms with van der Waals surface area (Å²) in [5.74, 6) is -0.0501. The van der Waals surface area contributed by atoms with Crippen LogP contribution in [0.3, 0.4) is 0 Å². The molecule has 3 aromatic heterocycles. The van der Waals surface area contributed by atoms with Crippen LogP contribution in [0.15, 0.2) is 83.8 Å². The first kappa shape index (κ1) is 24.4. The Morgan fingerprint density at radius 2 is 1.84 bits per heavy atom. The fourth-order valence-electron chi connectivity index (χ4n) is 4.39. The van der Waals surface area contributed by atoms with E-state index in [0.717, 1.165) is 16.5 Å². The Morgan fingerprint density at radius 1 is 1.05 bits per heavy atom. The lowest BCUT2D eigenvalue weighted by atomic mass is 9.98. The number of nitrogens with zero attached hydrogens (tertiary/aromatic N) is 5. The lowest BCUT2D eigenvalue weighted by molar-refractivity contribution is -0.389. The zero-order chi connectivity index (χ0) is 26.8. The molecule has 2 aromatic carbocycles. The smallest absolute Gasteiger partial charge is 0.371 e. The molecule has 0 aliphatic rings. The summed E-state index contributed by atoms with van der Waals surface area (Å²) in [5.41, 5.74) is 8.29. The number of nitrogens with two attached hydrogens (primary N) is 1. The van der Waals surface area contributed by atoms with Gasteiger partial charge in [-0.25, -0.2) is 4.98 Å². The van der Waals surface area contributed by atoms with E-state index in [1.807, 2.05) is 67.6 Å². The average Bonchev–Trinajstić information content (AvgIpc) is 2.92. The zero-order valence-corrected chi connectivity index (χ0v) is 20.5. The van der Waals surface area contributed by atoms with Crippen LogP contribution in [-0.2, 0) is 0 Å². The Morgan fingerprint density at radius 3 is 2.58 bits per heavy atom. The zero-order valence-electron chi connectivity index (χ0n) is 20.5. The molecule has 38 heavy (non-hydrogen) atoms. The van der Waals surface area contributed by atoms with Crippen molar-refractivity contribution in [1.82, 2.24) is 19.5 Å². The monoisotopic (exact) mass is 509 g/mol. The minimum atomic E-state index is -0.639. The molecule has 0 saturated heterocycles. The van der Waals surface area contributed by atoms with Crippen molar-refractivity contribution < 1.29 is 9.66 Å². The summed E-state index contributed by atoms with van der Waals surface area (Å²) in [6, 6.07) is 21.1. The molecule has 5 aromatic rings. The normalized spacial score (nSPS) is 11.7. The molecule has 11 heteroatoms. The summed E-state index contributed by atoms with van der Waals surface area (Å²) in [6.07, 6.45) is 1.63. The molecule has 0 radical (unpaired) electrons. The Balaban J connectivity index is 1.71. The van der Waals surface area contributed by atoms with E-state index in [1.54, 1.807) is 16.8 Å². The summed E-state index contributed by atoms with van der Waals surface area (Å²) >= 11 is 0. The first-order valence-corrected chi connectivity index (χ1v) is 11.7. The van der Waals surface area contributed by atoms with Crippen molar-refractivity contribution in [2.75, 3.05) is 18.2 Å². The molecule has 1 atom stereocenters. The standard InChI is InChI=1S/C27H23N7O4/c1-16(30-22-15-23(34(36)37)32-27(28)31-22)21-13-18-7-6-10-20(17-11-12-29-24(14-17)38-2)25(18)26(35)33(21)19-8-4-3-5-9-19/h3-16H,1-2H3,(H3,28,30,31,32)/t16-/m0/s1. The summed E-state index contributed by atoms with van der Waals surface area (Å²) in [5, 5.41) is 15.7. The Hall–Kier alpha value is -5.32. The SMILES string of the molecule is COc1cc(-c2cccc3cc([C@H](C)Nc4cc([N+](=O)[O-])nc(N)n4)n(-c4ccccc4)c(=O)c23)ccn1. The highest BCUT2D eigenvalue weighted by molar-refractivity contribution is 5.96. The predicted octanol–water partition coefficient (Wildman–Crippen LogP) is 4.51. The second kappa shape index (κ2) is 9.97. The van der Waals surface area contributed by atoms with Crippen LogP contribution in [0.2, 0.25) is 0 Å². The van der Waals surface area contributed by atoms with Crippen LogP contribution < -0.4 is 21.3 Å². The van der Waals surface area contributed by atoms with E-state index in [0.29, 0.717) is 22.6 Å². The summed E-state index contributed by atoms with van der Waals surface area (Å²) in [6.45, 7) is 1.84. The topological polar surface area (TPSA) is 151 Å². The van der Waals surface area contributed by atoms with Crippen molar-refractivity contribution in [2.45, 2.75) is 13.0 Å². The van der Waals surface area contributed by atoms with Crippen LogP contribution >= 0.6 is 0 Å². The van der Waals surface area contributed by atoms with Gasteiger partial charge in [-0.15, -0.1) is 0 Å². The molecule has 11 nitrogen and oxygen atoms in total. The molecule has 190 valence electrons. The van der Waals surface area contributed by atoms with E-state index in [2.05, 4.69) is 20.3 Å². The van der Waals surface area contributed by atoms with Crippen molar-refractivity contribution in [3.05, 3.63) is 105 Å². The lowest BCUT2D eigenvalue weighted by Gasteiger charge is -2.22. The van der Waals surface area contributed by atoms with Gasteiger partial charge < -0.3 is 25.9 Å². The van der Waals surface area contributed by atoms with Gasteiger partial charge in [0.25, 0.3) is 5.56 Å². The van der Waals surface area contributed by atoms with Crippen LogP contribution in [0.25, 0.3) is 27.6 Å². The van der Waals surface area contributed by atoms with Gasteiger partial charge in [-0.05, 0) is 52.6 Å². The first-order chi connectivity index (χ1) is 18.4. The second-order valence-electron chi connectivity index (χ2n) is 8.49. The molecular formula is C27H23N7O4. The van der Waals surface area contributed by atoms with Gasteiger partial charge in [-0.1, -0.05) is 36.4 Å². The van der Waals surface area contributed by atoms with Crippen molar-refractivity contribution >= 4 is 28.4 Å². The number of aromatic nitrogens is 4. The van der Waals surface area contributed by atoms with Crippen molar-refractivity contribution in [2.24, 2.45) is 0 Å². The Kier molecular flexibility index (Phi) is 6.40. The minimum absolute atomic E-state index is 0.168. The number of nitrogen functional groups attached to an aromatic ring is 1. The molecule has 0 bridgehead atoms. The third-order valence-corrected chi connectivity index (χ3v) is 6.07. The molecule has 0 aliphatic carbocycles. The number of ether oxygens (including phenoxy) is 1. The number of hydrogen-bond donors (Lipinski definition) is 2. The minimum Gasteiger partial charge on any atom is -0.481 e. The average molecular weight is 510 g/mol. The summed E-state index contributed by atoms with van der Waals surface area (Å²) in [7, 11) is 1.54. The van der Waals surface area contributed by atoms with Crippen LogP contribution in [0.5, 0.6) is 5.88 Å². The largest absolute Gasteiger partial charge is 0.481 e. The van der Waals surface area contributed by atoms with E-state index < -0.39 is 16.8 Å². The number of benzene rings is 2. The molecule has 0 unspecified atom stereocenters. The van der Waals surface area contributed by atoms with Crippen LogP contribution in [0, 0.1) is 10.1 Å². The van der Waals surface area contributed by atoms with Crippen molar-refractivity contribution in [3.63, 3.8) is 0 Å². The molecule has 5 rings (SSSR count). The molecule has 0 saturated carbocycles. The number of anilines is 2. The maximum absolute atomic E-state index is 14.2. The van der Waals surface area contributed by atoms with Gasteiger partial charge in [-0.3, -0.25) is 9.36 Å². The number of nitrogens with one attached hydrogen (secondary N) is 1. The highest BCUT2D eigenvalue weighted by atomic mass is 16.6. The molecule has 0 spiro atoms. The molecule has 0 aliphatic heterocycles. The molecular weight excluding hydrogens is 486 g/mol. The van der Waals surface area contributed by atoms with Crippen LogP contribution in [-0.4, -0.2) is 31.6 Å². The molecule has 0 fully saturated rings. The van der Waals surface area contributed by atoms with Gasteiger partial charge in [-0.2, -0.15) is 4.98 Å². The van der Waals surface area contributed by atoms with Gasteiger partial charge >= 0.3 is 11.8 Å². The molecule has 3 heterocycles. The lowest BCUT2D eigenvalue weighted by Crippen LogP contribution is -2.26. The number of methoxy groups -OCH3 is 1. The summed E-state index contributed by atoms with van der Waals surface area (Å²) < 4.78 is 6.91. The number of para-hydroxylation sites is 1. The first-order valence-electron chi connectivity index (χ1n) is 11.7. The third kappa shape index (κ3) is 4.60. The highest BCUT2D eigenvalue weighted by Gasteiger charge is 2.21. The van der Waals surface area contributed by atoms with Gasteiger partial charge in [0.1, 0.15) is 5.82 Å². The van der Waals surface area contributed by atoms with E-state index in [9.17, 15) is 14.9 Å². The number of pyridine rings is 2.